The van der Waals surface area contributed by atoms with Gasteiger partial charge >= 0.3 is 0 Å². The highest BCUT2D eigenvalue weighted by molar-refractivity contribution is 8.19. The highest BCUT2D eigenvalue weighted by Gasteiger charge is 2.36. The number of carbonyl (C=O) groups excluding carboxylic acids is 2. The van der Waals surface area contributed by atoms with E-state index in [1.807, 2.05) is 0 Å². The Kier molecular flexibility index (Phi) is 3.45. The molecule has 0 unspecified atom stereocenters. The quantitative estimate of drug-likeness (QED) is 0.863. The van der Waals surface area contributed by atoms with E-state index in [2.05, 4.69) is 4.98 Å². The maximum atomic E-state index is 12.3. The lowest BCUT2D eigenvalue weighted by Gasteiger charge is -2.12. The van der Waals surface area contributed by atoms with E-state index in [1.54, 1.807) is 42.7 Å². The molecule has 0 bridgehead atoms. The van der Waals surface area contributed by atoms with E-state index in [-0.39, 0.29) is 11.0 Å². The summed E-state index contributed by atoms with van der Waals surface area (Å²) in [4.78, 5) is 29.7. The number of anilines is 1. The minimum absolute atomic E-state index is 0.00258. The molecular weight excluding hydrogens is 288 g/mol. The number of nitrogens with zero attached hydrogens (tertiary/aromatic N) is 2. The number of hydrogen-bond acceptors (Lipinski definition) is 5. The lowest BCUT2D eigenvalue weighted by atomic mass is 10.2. The smallest absolute Gasteiger partial charge is 0.298 e. The molecule has 2 heterocycles. The molecule has 1 fully saturated rings. The summed E-state index contributed by atoms with van der Waals surface area (Å²) in [6.45, 7) is 0. The van der Waals surface area contributed by atoms with Crippen LogP contribution in [-0.4, -0.2) is 21.2 Å². The van der Waals surface area contributed by atoms with Crippen molar-refractivity contribution in [2.45, 2.75) is 0 Å². The second-order valence-corrected chi connectivity index (χ2v) is 5.32. The molecule has 5 nitrogen and oxygen atoms in total. The van der Waals surface area contributed by atoms with Crippen LogP contribution in [0.1, 0.15) is 5.56 Å². The van der Waals surface area contributed by atoms with Crippen molar-refractivity contribution in [1.29, 1.82) is 0 Å². The van der Waals surface area contributed by atoms with Crippen LogP contribution in [0.5, 0.6) is 5.75 Å². The fourth-order valence-electron chi connectivity index (χ4n) is 1.94. The van der Waals surface area contributed by atoms with Crippen molar-refractivity contribution in [2.24, 2.45) is 0 Å². The molecule has 0 aliphatic carbocycles. The van der Waals surface area contributed by atoms with Crippen molar-refractivity contribution in [3.8, 4) is 5.75 Å². The number of amides is 2. The fourth-order valence-corrected chi connectivity index (χ4v) is 2.78. The van der Waals surface area contributed by atoms with Crippen molar-refractivity contribution in [3.05, 3.63) is 59.3 Å². The molecule has 2 aromatic rings. The van der Waals surface area contributed by atoms with E-state index < -0.39 is 5.91 Å². The van der Waals surface area contributed by atoms with Crippen LogP contribution in [0.4, 0.5) is 10.5 Å². The average molecular weight is 298 g/mol. The minimum atomic E-state index is -0.403. The summed E-state index contributed by atoms with van der Waals surface area (Å²) >= 11 is 0.866. The third-order valence-corrected chi connectivity index (χ3v) is 3.73. The Bertz CT molecular complexity index is 744. The van der Waals surface area contributed by atoms with Crippen LogP contribution in [0.15, 0.2) is 53.7 Å². The van der Waals surface area contributed by atoms with E-state index in [1.165, 1.54) is 12.1 Å². The van der Waals surface area contributed by atoms with Crippen molar-refractivity contribution in [1.82, 2.24) is 4.98 Å². The number of rotatable bonds is 2. The number of carbonyl (C=O) groups is 2. The summed E-state index contributed by atoms with van der Waals surface area (Å²) in [7, 11) is 0. The SMILES string of the molecule is O=C1S/C(=C/c2cccnc2)C(=O)N1c1cccc(O)c1. The van der Waals surface area contributed by atoms with E-state index in [4.69, 9.17) is 0 Å². The van der Waals surface area contributed by atoms with Gasteiger partial charge in [-0.3, -0.25) is 14.6 Å². The van der Waals surface area contributed by atoms with Crippen LogP contribution >= 0.6 is 11.8 Å². The Morgan fingerprint density at radius 1 is 1.19 bits per heavy atom. The number of aromatic hydroxyl groups is 1. The standard InChI is InChI=1S/C15H10N2O3S/c18-12-5-1-4-11(8-12)17-14(19)13(21-15(17)20)7-10-3-2-6-16-9-10/h1-9,18H/b13-7+. The molecule has 0 spiro atoms. The van der Waals surface area contributed by atoms with Crippen molar-refractivity contribution in [2.75, 3.05) is 4.90 Å². The first-order valence-corrected chi connectivity index (χ1v) is 6.94. The molecule has 1 aliphatic heterocycles. The van der Waals surface area contributed by atoms with Gasteiger partial charge < -0.3 is 5.11 Å². The van der Waals surface area contributed by atoms with Crippen molar-refractivity contribution < 1.29 is 14.7 Å². The Morgan fingerprint density at radius 2 is 2.05 bits per heavy atom. The minimum Gasteiger partial charge on any atom is -0.508 e. The zero-order valence-corrected chi connectivity index (χ0v) is 11.6. The molecule has 0 saturated carbocycles. The number of pyridine rings is 1. The van der Waals surface area contributed by atoms with Crippen LogP contribution in [0.25, 0.3) is 6.08 Å². The highest BCUT2D eigenvalue weighted by Crippen LogP contribution is 2.36. The van der Waals surface area contributed by atoms with Crippen LogP contribution in [0, 0.1) is 0 Å². The van der Waals surface area contributed by atoms with E-state index in [0.717, 1.165) is 22.2 Å². The molecule has 6 heteroatoms. The zero-order chi connectivity index (χ0) is 14.8. The maximum absolute atomic E-state index is 12.3. The van der Waals surface area contributed by atoms with Gasteiger partial charge in [-0.25, -0.2) is 4.90 Å². The second-order valence-electron chi connectivity index (χ2n) is 4.32. The van der Waals surface area contributed by atoms with Crippen molar-refractivity contribution >= 4 is 34.7 Å². The average Bonchev–Trinajstić information content (AvgIpc) is 2.74. The van der Waals surface area contributed by atoms with Crippen LogP contribution in [0.2, 0.25) is 0 Å². The molecular formula is C15H10N2O3S. The van der Waals surface area contributed by atoms with Gasteiger partial charge in [-0.2, -0.15) is 0 Å². The summed E-state index contributed by atoms with van der Waals surface area (Å²) in [6.07, 6.45) is 4.87. The second kappa shape index (κ2) is 5.41. The lowest BCUT2D eigenvalue weighted by molar-refractivity contribution is -0.113. The molecule has 3 rings (SSSR count). The van der Waals surface area contributed by atoms with Crippen LogP contribution in [-0.2, 0) is 4.79 Å². The first kappa shape index (κ1) is 13.4. The van der Waals surface area contributed by atoms with Gasteiger partial charge in [-0.1, -0.05) is 12.1 Å². The van der Waals surface area contributed by atoms with Gasteiger partial charge in [-0.05, 0) is 41.6 Å². The largest absolute Gasteiger partial charge is 0.508 e. The number of benzene rings is 1. The van der Waals surface area contributed by atoms with Crippen LogP contribution < -0.4 is 4.90 Å². The number of phenols is 1. The number of thioether (sulfide) groups is 1. The molecule has 0 atom stereocenters. The third-order valence-electron chi connectivity index (χ3n) is 2.86. The normalized spacial score (nSPS) is 16.8. The van der Waals surface area contributed by atoms with E-state index in [0.29, 0.717) is 10.6 Å². The molecule has 1 N–H and O–H groups in total. The summed E-state index contributed by atoms with van der Waals surface area (Å²) < 4.78 is 0. The Hall–Kier alpha value is -2.60. The molecule has 21 heavy (non-hydrogen) atoms. The van der Waals surface area contributed by atoms with Gasteiger partial charge in [0.25, 0.3) is 11.1 Å². The van der Waals surface area contributed by atoms with Gasteiger partial charge in [0.05, 0.1) is 10.6 Å². The molecule has 1 saturated heterocycles. The third kappa shape index (κ3) is 2.66. The zero-order valence-electron chi connectivity index (χ0n) is 10.8. The first-order chi connectivity index (χ1) is 10.1. The summed E-state index contributed by atoms with van der Waals surface area (Å²) in [5.41, 5.74) is 1.10. The van der Waals surface area contributed by atoms with Crippen LogP contribution in [0.3, 0.4) is 0 Å². The number of phenolic OH excluding ortho intramolecular Hbond substituents is 1. The van der Waals surface area contributed by atoms with Gasteiger partial charge in [0, 0.05) is 18.5 Å². The van der Waals surface area contributed by atoms with Gasteiger partial charge in [0.15, 0.2) is 0 Å². The summed E-state index contributed by atoms with van der Waals surface area (Å²) in [5.74, 6) is -0.401. The first-order valence-electron chi connectivity index (χ1n) is 6.12. The lowest BCUT2D eigenvalue weighted by Crippen LogP contribution is -2.27. The van der Waals surface area contributed by atoms with Gasteiger partial charge in [0.1, 0.15) is 5.75 Å². The Balaban J connectivity index is 1.94. The molecule has 1 aliphatic rings. The van der Waals surface area contributed by atoms with Crippen molar-refractivity contribution in [3.63, 3.8) is 0 Å². The number of hydrogen-bond donors (Lipinski definition) is 1. The summed E-state index contributed by atoms with van der Waals surface area (Å²) in [6, 6.07) is 9.60. The molecule has 1 aromatic carbocycles. The predicted octanol–water partition coefficient (Wildman–Crippen LogP) is 3.03. The molecule has 2 amide bonds. The topological polar surface area (TPSA) is 70.5 Å². The maximum Gasteiger partial charge on any atom is 0.298 e. The monoisotopic (exact) mass is 298 g/mol. The van der Waals surface area contributed by atoms with Gasteiger partial charge in [-0.15, -0.1) is 0 Å². The highest BCUT2D eigenvalue weighted by atomic mass is 32.2. The summed E-state index contributed by atoms with van der Waals surface area (Å²) in [5, 5.41) is 9.08. The molecule has 0 radical (unpaired) electrons. The Labute approximate surface area is 124 Å². The molecule has 1 aromatic heterocycles. The van der Waals surface area contributed by atoms with E-state index >= 15 is 0 Å². The Morgan fingerprint density at radius 3 is 2.76 bits per heavy atom. The predicted molar refractivity (Wildman–Crippen MR) is 80.8 cm³/mol. The molecule has 104 valence electrons. The number of aromatic nitrogens is 1. The van der Waals surface area contributed by atoms with Gasteiger partial charge in [0.2, 0.25) is 0 Å². The number of imide groups is 1. The van der Waals surface area contributed by atoms with E-state index in [9.17, 15) is 14.7 Å². The fraction of sp³-hybridized carbons (Fsp3) is 0.